The molecule has 0 radical (unpaired) electrons. The molecule has 3 aromatic heterocycles. The zero-order valence-electron chi connectivity index (χ0n) is 10.6. The number of H-pyrrole nitrogens is 1. The number of para-hydroxylation sites is 2. The first-order chi connectivity index (χ1) is 10.3. The Morgan fingerprint density at radius 3 is 2.90 bits per heavy atom. The highest BCUT2D eigenvalue weighted by atomic mass is 16.6. The Kier molecular flexibility index (Phi) is 2.40. The van der Waals surface area contributed by atoms with Crippen LogP contribution in [-0.2, 0) is 6.54 Å². The molecule has 0 aliphatic carbocycles. The number of tetrazole rings is 1. The number of nitrogens with one attached hydrogen (secondary N) is 1. The summed E-state index contributed by atoms with van der Waals surface area (Å²) < 4.78 is 6.56. The third kappa shape index (κ3) is 1.81. The van der Waals surface area contributed by atoms with Gasteiger partial charge in [-0.1, -0.05) is 12.1 Å². The Bertz CT molecular complexity index is 892. The number of benzene rings is 1. The number of anilines is 1. The van der Waals surface area contributed by atoms with Crippen LogP contribution in [0.4, 0.5) is 5.82 Å². The van der Waals surface area contributed by atoms with Gasteiger partial charge in [-0.25, -0.2) is 14.7 Å². The first-order valence-corrected chi connectivity index (χ1v) is 6.09. The summed E-state index contributed by atoms with van der Waals surface area (Å²) in [4.78, 5) is 4.53. The number of hydrogen-bond acceptors (Lipinski definition) is 8. The van der Waals surface area contributed by atoms with Gasteiger partial charge in [-0.2, -0.15) is 0 Å². The molecule has 0 saturated heterocycles. The highest BCUT2D eigenvalue weighted by Crippen LogP contribution is 2.26. The van der Waals surface area contributed by atoms with Gasteiger partial charge in [0.05, 0.1) is 17.6 Å². The van der Waals surface area contributed by atoms with Gasteiger partial charge < -0.3 is 10.3 Å². The molecular weight excluding hydrogens is 274 g/mol. The lowest BCUT2D eigenvalue weighted by molar-refractivity contribution is 0.310. The summed E-state index contributed by atoms with van der Waals surface area (Å²) in [5.41, 5.74) is 7.87. The molecule has 104 valence electrons. The lowest BCUT2D eigenvalue weighted by Crippen LogP contribution is -2.05. The number of aromatic nitrogens is 8. The second-order valence-corrected chi connectivity index (χ2v) is 4.36. The van der Waals surface area contributed by atoms with Gasteiger partial charge >= 0.3 is 0 Å². The van der Waals surface area contributed by atoms with Crippen molar-refractivity contribution in [2.75, 3.05) is 5.73 Å². The largest absolute Gasteiger partial charge is 0.379 e. The molecule has 0 unspecified atom stereocenters. The van der Waals surface area contributed by atoms with E-state index in [9.17, 15) is 0 Å². The highest BCUT2D eigenvalue weighted by Gasteiger charge is 2.19. The van der Waals surface area contributed by atoms with Crippen LogP contribution in [0.5, 0.6) is 0 Å². The van der Waals surface area contributed by atoms with E-state index in [4.69, 9.17) is 5.73 Å². The van der Waals surface area contributed by atoms with Crippen LogP contribution >= 0.6 is 0 Å². The molecule has 0 atom stereocenters. The number of nitrogens with two attached hydrogens (primary N) is 1. The van der Waals surface area contributed by atoms with E-state index in [-0.39, 0.29) is 5.82 Å². The van der Waals surface area contributed by atoms with Crippen LogP contribution in [0.25, 0.3) is 22.6 Å². The van der Waals surface area contributed by atoms with Gasteiger partial charge in [-0.3, -0.25) is 0 Å². The van der Waals surface area contributed by atoms with Gasteiger partial charge in [0.25, 0.3) is 0 Å². The third-order valence-corrected chi connectivity index (χ3v) is 3.08. The van der Waals surface area contributed by atoms with Crippen LogP contribution in [0.2, 0.25) is 0 Å². The fraction of sp³-hybridized carbons (Fsp3) is 0.0909. The van der Waals surface area contributed by atoms with Crippen LogP contribution < -0.4 is 5.73 Å². The predicted molar refractivity (Wildman–Crippen MR) is 70.7 cm³/mol. The van der Waals surface area contributed by atoms with Gasteiger partial charge in [-0.15, -0.1) is 5.10 Å². The monoisotopic (exact) mass is 283 g/mol. The molecule has 0 bridgehead atoms. The highest BCUT2D eigenvalue weighted by molar-refractivity contribution is 5.81. The molecule has 21 heavy (non-hydrogen) atoms. The molecule has 0 aliphatic heterocycles. The van der Waals surface area contributed by atoms with E-state index in [2.05, 4.69) is 40.6 Å². The standard InChI is InChI=1S/C11H9N9O/c12-10-9(16-21-17-10)11-13-6-3-1-2-4-7(6)20(11)5-8-14-18-19-15-8/h1-4H,5H2,(H2,12,17)(H,14,15,18,19). The maximum atomic E-state index is 5.77. The fourth-order valence-corrected chi connectivity index (χ4v) is 2.16. The lowest BCUT2D eigenvalue weighted by Gasteiger charge is -2.04. The first kappa shape index (κ1) is 11.5. The first-order valence-electron chi connectivity index (χ1n) is 6.09. The van der Waals surface area contributed by atoms with Gasteiger partial charge in [0.1, 0.15) is 0 Å². The fourth-order valence-electron chi connectivity index (χ4n) is 2.16. The molecule has 0 fully saturated rings. The Hall–Kier alpha value is -3.30. The molecule has 10 nitrogen and oxygen atoms in total. The third-order valence-electron chi connectivity index (χ3n) is 3.08. The average molecular weight is 283 g/mol. The second-order valence-electron chi connectivity index (χ2n) is 4.36. The zero-order chi connectivity index (χ0) is 14.2. The minimum Gasteiger partial charge on any atom is -0.379 e. The van der Waals surface area contributed by atoms with Gasteiger partial charge in [0.15, 0.2) is 23.2 Å². The van der Waals surface area contributed by atoms with Crippen molar-refractivity contribution in [3.63, 3.8) is 0 Å². The van der Waals surface area contributed by atoms with Gasteiger partial charge in [-0.05, 0) is 32.9 Å². The quantitative estimate of drug-likeness (QED) is 0.545. The van der Waals surface area contributed by atoms with Crippen LogP contribution in [0.3, 0.4) is 0 Å². The van der Waals surface area contributed by atoms with E-state index in [1.807, 2.05) is 28.8 Å². The van der Waals surface area contributed by atoms with Crippen molar-refractivity contribution in [2.24, 2.45) is 0 Å². The number of imidazole rings is 1. The molecule has 0 aliphatic rings. The van der Waals surface area contributed by atoms with Crippen molar-refractivity contribution < 1.29 is 4.63 Å². The Morgan fingerprint density at radius 1 is 1.24 bits per heavy atom. The summed E-state index contributed by atoms with van der Waals surface area (Å²) in [6.45, 7) is 0.398. The van der Waals surface area contributed by atoms with Crippen molar-refractivity contribution >= 4 is 16.9 Å². The zero-order valence-corrected chi connectivity index (χ0v) is 10.6. The minimum absolute atomic E-state index is 0.183. The molecule has 3 heterocycles. The van der Waals surface area contributed by atoms with E-state index >= 15 is 0 Å². The number of fused-ring (bicyclic) bond motifs is 1. The molecule has 1 aromatic carbocycles. The van der Waals surface area contributed by atoms with E-state index in [1.165, 1.54) is 0 Å². The van der Waals surface area contributed by atoms with Crippen molar-refractivity contribution in [3.05, 3.63) is 30.1 Å². The van der Waals surface area contributed by atoms with Crippen LogP contribution in [-0.4, -0.2) is 40.5 Å². The summed E-state index contributed by atoms with van der Waals surface area (Å²) in [5.74, 6) is 1.32. The average Bonchev–Trinajstić information content (AvgIpc) is 3.20. The van der Waals surface area contributed by atoms with Gasteiger partial charge in [0.2, 0.25) is 0 Å². The smallest absolute Gasteiger partial charge is 0.199 e. The van der Waals surface area contributed by atoms with Crippen LogP contribution in [0.15, 0.2) is 28.9 Å². The topological polar surface area (TPSA) is 137 Å². The maximum absolute atomic E-state index is 5.77. The summed E-state index contributed by atoms with van der Waals surface area (Å²) >= 11 is 0. The Morgan fingerprint density at radius 2 is 2.14 bits per heavy atom. The van der Waals surface area contributed by atoms with Crippen molar-refractivity contribution in [1.29, 1.82) is 0 Å². The Labute approximate surface area is 116 Å². The number of hydrogen-bond donors (Lipinski definition) is 2. The molecule has 4 aromatic rings. The number of rotatable bonds is 3. The maximum Gasteiger partial charge on any atom is 0.199 e. The summed E-state index contributed by atoms with van der Waals surface area (Å²) in [6, 6.07) is 7.67. The molecule has 3 N–H and O–H groups in total. The molecule has 0 spiro atoms. The van der Waals surface area contributed by atoms with Crippen molar-refractivity contribution in [3.8, 4) is 11.5 Å². The summed E-state index contributed by atoms with van der Waals surface area (Å²) in [6.07, 6.45) is 0. The van der Waals surface area contributed by atoms with E-state index in [0.29, 0.717) is 23.9 Å². The summed E-state index contributed by atoms with van der Waals surface area (Å²) in [7, 11) is 0. The molecule has 4 rings (SSSR count). The molecule has 0 saturated carbocycles. The number of nitrogen functional groups attached to an aromatic ring is 1. The van der Waals surface area contributed by atoms with E-state index in [1.54, 1.807) is 0 Å². The lowest BCUT2D eigenvalue weighted by atomic mass is 10.3. The van der Waals surface area contributed by atoms with Crippen LogP contribution in [0.1, 0.15) is 5.82 Å². The Balaban J connectivity index is 1.95. The van der Waals surface area contributed by atoms with Gasteiger partial charge in [0, 0.05) is 0 Å². The second kappa shape index (κ2) is 4.37. The number of nitrogens with zero attached hydrogens (tertiary/aromatic N) is 7. The van der Waals surface area contributed by atoms with Crippen molar-refractivity contribution in [2.45, 2.75) is 6.54 Å². The molecule has 0 amide bonds. The minimum atomic E-state index is 0.183. The molecule has 10 heteroatoms. The van der Waals surface area contributed by atoms with Crippen LogP contribution in [0, 0.1) is 0 Å². The SMILES string of the molecule is Nc1nonc1-c1nc2ccccc2n1Cc1nnn[nH]1. The summed E-state index contributed by atoms with van der Waals surface area (Å²) in [5, 5.41) is 21.1. The normalized spacial score (nSPS) is 11.2. The van der Waals surface area contributed by atoms with E-state index < -0.39 is 0 Å². The van der Waals surface area contributed by atoms with E-state index in [0.717, 1.165) is 11.0 Å². The van der Waals surface area contributed by atoms with Crippen molar-refractivity contribution in [1.82, 2.24) is 40.5 Å². The number of aromatic amines is 1. The molecular formula is C11H9N9O. The predicted octanol–water partition coefficient (Wildman–Crippen LogP) is 0.230.